The van der Waals surface area contributed by atoms with Crippen molar-refractivity contribution in [2.24, 2.45) is 50.2 Å². The van der Waals surface area contributed by atoms with Gasteiger partial charge in [0, 0.05) is 24.3 Å². The third kappa shape index (κ3) is 5.15. The number of nitrogens with one attached hydrogen (secondary N) is 1. The van der Waals surface area contributed by atoms with Crippen LogP contribution < -0.4 is 5.32 Å². The summed E-state index contributed by atoms with van der Waals surface area (Å²) in [4.78, 5) is 39.3. The Labute approximate surface area is 249 Å². The Bertz CT molecular complexity index is 1230. The predicted molar refractivity (Wildman–Crippen MR) is 155 cm³/mol. The molecule has 0 aromatic carbocycles. The van der Waals surface area contributed by atoms with Crippen LogP contribution in [0.3, 0.4) is 0 Å². The van der Waals surface area contributed by atoms with E-state index in [9.17, 15) is 32.8 Å². The average Bonchev–Trinajstić information content (AvgIpc) is 2.88. The Morgan fingerprint density at radius 1 is 0.905 bits per heavy atom. The normalized spacial score (nSPS) is 41.8. The van der Waals surface area contributed by atoms with Crippen molar-refractivity contribution >= 4 is 17.5 Å². The fourth-order valence-corrected chi connectivity index (χ4v) is 9.89. The zero-order valence-corrected chi connectivity index (χ0v) is 26.7. The molecule has 42 heavy (non-hydrogen) atoms. The number of hydrogen-bond acceptors (Lipinski definition) is 4. The van der Waals surface area contributed by atoms with Gasteiger partial charge in [-0.25, -0.2) is 0 Å². The van der Waals surface area contributed by atoms with Crippen molar-refractivity contribution in [3.63, 3.8) is 0 Å². The van der Waals surface area contributed by atoms with E-state index in [0.717, 1.165) is 32.1 Å². The molecule has 4 aliphatic rings. The number of fused-ring (bicyclic) bond motifs is 5. The van der Waals surface area contributed by atoms with Crippen LogP contribution in [0, 0.1) is 61.6 Å². The smallest absolute Gasteiger partial charge is 0.348 e. The number of Topliss-reactive ketones (excluding diaryl/α,β-unsaturated/α-hetero) is 2. The molecule has 1 unspecified atom stereocenters. The maximum Gasteiger partial charge on any atom is 0.471 e. The number of alkyl halides is 3. The fourth-order valence-electron chi connectivity index (χ4n) is 9.89. The number of rotatable bonds is 2. The van der Waals surface area contributed by atoms with Crippen LogP contribution in [0.2, 0.25) is 0 Å². The number of halogens is 3. The van der Waals surface area contributed by atoms with Crippen molar-refractivity contribution in [1.29, 1.82) is 5.26 Å². The number of amides is 1. The molecule has 0 radical (unpaired) electrons. The first-order valence-corrected chi connectivity index (χ1v) is 15.6. The van der Waals surface area contributed by atoms with Gasteiger partial charge >= 0.3 is 12.1 Å². The van der Waals surface area contributed by atoms with Gasteiger partial charge in [0.25, 0.3) is 0 Å². The first kappa shape index (κ1) is 32.7. The Balaban J connectivity index is 1.78. The van der Waals surface area contributed by atoms with Crippen LogP contribution >= 0.6 is 0 Å². The quantitative estimate of drug-likeness (QED) is 0.356. The van der Waals surface area contributed by atoms with Gasteiger partial charge in [0.15, 0.2) is 5.78 Å². The van der Waals surface area contributed by atoms with Gasteiger partial charge in [0.05, 0.1) is 5.57 Å². The molecule has 0 bridgehead atoms. The standard InChI is InChI=1S/C34H49F3N2O3/c1-28(2)11-9-22-23(40)17-25-31(6)18-21(19-38)26(41)29(3,4)24(31)10-12-33(25,8)32(22,7)16-15-30(5,14-13-28)20-39-27(42)34(35,36)37/h18,22,24-25H,9-17,20H2,1-8H3,(H,39,42)/t22?,24-,25+,30-,31-,32+,33+/m0/s1. The molecule has 8 heteroatoms. The molecule has 4 aliphatic carbocycles. The van der Waals surface area contributed by atoms with E-state index in [1.807, 2.05) is 26.8 Å². The second kappa shape index (κ2) is 10.2. The van der Waals surface area contributed by atoms with Gasteiger partial charge in [0.1, 0.15) is 11.9 Å². The molecule has 1 N–H and O–H groups in total. The highest BCUT2D eigenvalue weighted by Gasteiger charge is 2.68. The molecule has 0 saturated heterocycles. The molecule has 0 spiro atoms. The zero-order valence-electron chi connectivity index (χ0n) is 26.7. The van der Waals surface area contributed by atoms with E-state index in [1.165, 1.54) is 0 Å². The minimum atomic E-state index is -4.93. The summed E-state index contributed by atoms with van der Waals surface area (Å²) in [6.07, 6.45) is 3.34. The maximum absolute atomic E-state index is 14.3. The summed E-state index contributed by atoms with van der Waals surface area (Å²) in [6.45, 7) is 16.8. The third-order valence-corrected chi connectivity index (χ3v) is 13.1. The van der Waals surface area contributed by atoms with E-state index in [1.54, 1.807) is 0 Å². The number of carbonyl (C=O) groups is 3. The molecule has 0 aromatic heterocycles. The molecule has 5 nitrogen and oxygen atoms in total. The van der Waals surface area contributed by atoms with Crippen LogP contribution in [0.25, 0.3) is 0 Å². The summed E-state index contributed by atoms with van der Waals surface area (Å²) in [5.74, 6) is -2.05. The molecule has 7 atom stereocenters. The second-order valence-corrected chi connectivity index (χ2v) is 16.5. The largest absolute Gasteiger partial charge is 0.471 e. The number of allylic oxidation sites excluding steroid dienone is 2. The second-order valence-electron chi connectivity index (χ2n) is 16.5. The molecule has 3 fully saturated rings. The average molecular weight is 591 g/mol. The van der Waals surface area contributed by atoms with Crippen LogP contribution in [-0.2, 0) is 14.4 Å². The molecule has 0 aliphatic heterocycles. The van der Waals surface area contributed by atoms with Crippen molar-refractivity contribution in [3.8, 4) is 6.07 Å². The highest BCUT2D eigenvalue weighted by atomic mass is 19.4. The molecule has 234 valence electrons. The van der Waals surface area contributed by atoms with Crippen molar-refractivity contribution in [2.45, 2.75) is 119 Å². The lowest BCUT2D eigenvalue weighted by molar-refractivity contribution is -0.191. The van der Waals surface area contributed by atoms with Gasteiger partial charge in [-0.15, -0.1) is 0 Å². The van der Waals surface area contributed by atoms with Crippen molar-refractivity contribution in [2.75, 3.05) is 6.54 Å². The fraction of sp³-hybridized carbons (Fsp3) is 0.824. The molecule has 4 rings (SSSR count). The van der Waals surface area contributed by atoms with Crippen LogP contribution in [0.5, 0.6) is 0 Å². The van der Waals surface area contributed by atoms with Crippen LogP contribution in [0.15, 0.2) is 11.6 Å². The number of nitrogens with zero attached hydrogens (tertiary/aromatic N) is 1. The van der Waals surface area contributed by atoms with E-state index in [4.69, 9.17) is 0 Å². The number of hydrogen-bond donors (Lipinski definition) is 1. The van der Waals surface area contributed by atoms with E-state index in [0.29, 0.717) is 25.7 Å². The summed E-state index contributed by atoms with van der Waals surface area (Å²) in [5.41, 5.74) is -2.44. The monoisotopic (exact) mass is 590 g/mol. The van der Waals surface area contributed by atoms with Crippen LogP contribution in [-0.4, -0.2) is 30.2 Å². The molecule has 1 amide bonds. The van der Waals surface area contributed by atoms with Crippen LogP contribution in [0.4, 0.5) is 13.2 Å². The van der Waals surface area contributed by atoms with Gasteiger partial charge in [-0.1, -0.05) is 61.5 Å². The Morgan fingerprint density at radius 3 is 2.12 bits per heavy atom. The first-order chi connectivity index (χ1) is 19.1. The predicted octanol–water partition coefficient (Wildman–Crippen LogP) is 7.74. The van der Waals surface area contributed by atoms with Crippen molar-refractivity contribution in [3.05, 3.63) is 11.6 Å². The summed E-state index contributed by atoms with van der Waals surface area (Å²) >= 11 is 0. The molecule has 0 heterocycles. The van der Waals surface area contributed by atoms with Crippen molar-refractivity contribution in [1.82, 2.24) is 5.32 Å². The van der Waals surface area contributed by atoms with E-state index in [2.05, 4.69) is 46.0 Å². The lowest BCUT2D eigenvalue weighted by Crippen LogP contribution is -2.65. The highest BCUT2D eigenvalue weighted by Crippen LogP contribution is 2.72. The summed E-state index contributed by atoms with van der Waals surface area (Å²) in [6, 6.07) is 2.15. The van der Waals surface area contributed by atoms with E-state index >= 15 is 0 Å². The molecular weight excluding hydrogens is 541 g/mol. The molecule has 3 saturated carbocycles. The van der Waals surface area contributed by atoms with E-state index in [-0.39, 0.29) is 52.3 Å². The summed E-state index contributed by atoms with van der Waals surface area (Å²) < 4.78 is 39.3. The Hall–Kier alpha value is -2.17. The van der Waals surface area contributed by atoms with Gasteiger partial charge in [-0.3, -0.25) is 14.4 Å². The molecular formula is C34H49F3N2O3. The number of carbonyl (C=O) groups excluding carboxylic acids is 3. The van der Waals surface area contributed by atoms with Crippen LogP contribution in [0.1, 0.15) is 113 Å². The molecule has 0 aromatic rings. The zero-order chi connectivity index (χ0) is 31.7. The van der Waals surface area contributed by atoms with Gasteiger partial charge < -0.3 is 5.32 Å². The summed E-state index contributed by atoms with van der Waals surface area (Å²) in [5, 5.41) is 12.1. The van der Waals surface area contributed by atoms with Crippen molar-refractivity contribution < 1.29 is 27.6 Å². The third-order valence-electron chi connectivity index (χ3n) is 13.1. The topological polar surface area (TPSA) is 87.0 Å². The number of ketones is 2. The number of nitriles is 1. The maximum atomic E-state index is 14.3. The van der Waals surface area contributed by atoms with Gasteiger partial charge in [-0.05, 0) is 90.3 Å². The Morgan fingerprint density at radius 2 is 1.52 bits per heavy atom. The van der Waals surface area contributed by atoms with E-state index < -0.39 is 33.7 Å². The SMILES string of the molecule is CC1(C)CCC2C(=O)C[C@@H]3[C@@]4(C)C=C(C#N)C(=O)C(C)(C)[C@@H]4CC[C@@]3(C)[C@]2(C)CC[C@@](C)(CNC(=O)C(F)(F)F)CC1. The first-order valence-electron chi connectivity index (χ1n) is 15.6. The lowest BCUT2D eigenvalue weighted by Gasteiger charge is -2.68. The Kier molecular flexibility index (Phi) is 7.95. The minimum Gasteiger partial charge on any atom is -0.348 e. The van der Waals surface area contributed by atoms with Gasteiger partial charge in [-0.2, -0.15) is 18.4 Å². The highest BCUT2D eigenvalue weighted by molar-refractivity contribution is 6.04. The van der Waals surface area contributed by atoms with Gasteiger partial charge in [0.2, 0.25) is 0 Å². The summed E-state index contributed by atoms with van der Waals surface area (Å²) in [7, 11) is 0. The lowest BCUT2D eigenvalue weighted by atomic mass is 9.35. The minimum absolute atomic E-state index is 0.00180.